The van der Waals surface area contributed by atoms with E-state index in [0.717, 1.165) is 11.3 Å². The van der Waals surface area contributed by atoms with E-state index in [-0.39, 0.29) is 28.1 Å². The third-order valence-corrected chi connectivity index (χ3v) is 5.37. The third-order valence-electron chi connectivity index (χ3n) is 5.37. The fourth-order valence-electron chi connectivity index (χ4n) is 3.46. The lowest BCUT2D eigenvalue weighted by molar-refractivity contribution is -0.385. The number of nitro groups is 1. The summed E-state index contributed by atoms with van der Waals surface area (Å²) in [5.41, 5.74) is 5.11. The van der Waals surface area contributed by atoms with Crippen molar-refractivity contribution in [3.05, 3.63) is 105 Å². The Balaban J connectivity index is 1.52. The number of tetrazole rings is 1. The topological polar surface area (TPSA) is 157 Å². The number of rotatable bonds is 7. The van der Waals surface area contributed by atoms with Crippen molar-refractivity contribution in [2.24, 2.45) is 5.10 Å². The minimum atomic E-state index is -0.574. The van der Waals surface area contributed by atoms with Gasteiger partial charge in [0.15, 0.2) is 0 Å². The lowest BCUT2D eigenvalue weighted by atomic mass is 10.1. The molecule has 0 unspecified atom stereocenters. The highest BCUT2D eigenvalue weighted by Crippen LogP contribution is 2.23. The Bertz CT molecular complexity index is 1480. The van der Waals surface area contributed by atoms with E-state index in [1.54, 1.807) is 25.1 Å². The Morgan fingerprint density at radius 1 is 1.00 bits per heavy atom. The average molecular weight is 484 g/mol. The van der Waals surface area contributed by atoms with Crippen LogP contribution in [0.1, 0.15) is 38.8 Å². The molecule has 4 rings (SSSR count). The molecule has 0 spiro atoms. The van der Waals surface area contributed by atoms with Crippen molar-refractivity contribution >= 4 is 28.9 Å². The number of hydrazone groups is 1. The second-order valence-electron chi connectivity index (χ2n) is 7.65. The molecule has 2 N–H and O–H groups in total. The van der Waals surface area contributed by atoms with Gasteiger partial charge in [-0.05, 0) is 60.2 Å². The summed E-state index contributed by atoms with van der Waals surface area (Å²) in [6.07, 6.45) is 1.47. The molecule has 3 aromatic carbocycles. The maximum atomic E-state index is 12.9. The van der Waals surface area contributed by atoms with Gasteiger partial charge in [-0.25, -0.2) is 10.1 Å². The minimum absolute atomic E-state index is 0.135. The van der Waals surface area contributed by atoms with Crippen molar-refractivity contribution in [1.29, 1.82) is 0 Å². The zero-order chi connectivity index (χ0) is 25.7. The molecule has 0 saturated heterocycles. The first kappa shape index (κ1) is 23.9. The maximum Gasteiger partial charge on any atom is 0.273 e. The second-order valence-corrected chi connectivity index (χ2v) is 7.65. The standard InChI is InChI=1S/C24H20N8O4/c1-15-19(10-6-12-22(15)32(35)36)23(33)26-21-11-4-3-9-20(21)24(34)28-27-16(2)17-7-5-8-18(13-17)31-14-25-29-30-31/h3-14H,1-2H3,(H,26,33)(H,28,34). The van der Waals surface area contributed by atoms with Crippen molar-refractivity contribution in [3.8, 4) is 5.69 Å². The molecule has 4 aromatic rings. The summed E-state index contributed by atoms with van der Waals surface area (Å²) in [5.74, 6) is -1.12. The molecule has 0 aliphatic heterocycles. The van der Waals surface area contributed by atoms with Crippen LogP contribution in [0, 0.1) is 17.0 Å². The Morgan fingerprint density at radius 2 is 1.75 bits per heavy atom. The van der Waals surface area contributed by atoms with Crippen LogP contribution in [0.15, 0.2) is 78.2 Å². The van der Waals surface area contributed by atoms with Crippen LogP contribution in [-0.2, 0) is 0 Å². The Hall–Kier alpha value is -5.26. The van der Waals surface area contributed by atoms with Crippen molar-refractivity contribution in [3.63, 3.8) is 0 Å². The molecular weight excluding hydrogens is 464 g/mol. The molecule has 1 aromatic heterocycles. The molecule has 0 fully saturated rings. The van der Waals surface area contributed by atoms with Gasteiger partial charge in [0, 0.05) is 17.2 Å². The zero-order valence-corrected chi connectivity index (χ0v) is 19.2. The van der Waals surface area contributed by atoms with Gasteiger partial charge in [0.2, 0.25) is 0 Å². The first-order chi connectivity index (χ1) is 17.3. The van der Waals surface area contributed by atoms with E-state index < -0.39 is 16.7 Å². The number of hydrogen-bond acceptors (Lipinski definition) is 8. The van der Waals surface area contributed by atoms with Gasteiger partial charge in [0.05, 0.1) is 27.6 Å². The number of anilines is 1. The number of para-hydroxylation sites is 1. The van der Waals surface area contributed by atoms with Gasteiger partial charge in [-0.3, -0.25) is 19.7 Å². The number of carbonyl (C=O) groups is 2. The van der Waals surface area contributed by atoms with Gasteiger partial charge < -0.3 is 5.32 Å². The summed E-state index contributed by atoms with van der Waals surface area (Å²) >= 11 is 0. The van der Waals surface area contributed by atoms with E-state index in [9.17, 15) is 19.7 Å². The van der Waals surface area contributed by atoms with Crippen LogP contribution in [0.4, 0.5) is 11.4 Å². The smallest absolute Gasteiger partial charge is 0.273 e. The summed E-state index contributed by atoms with van der Waals surface area (Å²) in [6, 6.07) is 17.9. The summed E-state index contributed by atoms with van der Waals surface area (Å²) in [6.45, 7) is 3.23. The number of carbonyl (C=O) groups excluding carboxylic acids is 2. The molecule has 0 aliphatic carbocycles. The van der Waals surface area contributed by atoms with Gasteiger partial charge in [0.25, 0.3) is 17.5 Å². The van der Waals surface area contributed by atoms with Gasteiger partial charge in [-0.2, -0.15) is 5.10 Å². The molecule has 36 heavy (non-hydrogen) atoms. The average Bonchev–Trinajstić information content (AvgIpc) is 3.42. The van der Waals surface area contributed by atoms with Crippen LogP contribution in [0.25, 0.3) is 5.69 Å². The van der Waals surface area contributed by atoms with Crippen LogP contribution in [0.3, 0.4) is 0 Å². The molecule has 0 bridgehead atoms. The van der Waals surface area contributed by atoms with Gasteiger partial charge in [-0.15, -0.1) is 5.10 Å². The molecule has 180 valence electrons. The molecule has 0 saturated carbocycles. The fraction of sp³-hybridized carbons (Fsp3) is 0.0833. The SMILES string of the molecule is CC(=NNC(=O)c1ccccc1NC(=O)c1cccc([N+](=O)[O-])c1C)c1cccc(-n2cnnn2)c1. The first-order valence-electron chi connectivity index (χ1n) is 10.7. The number of nitrogens with one attached hydrogen (secondary N) is 2. The predicted molar refractivity (Wildman–Crippen MR) is 131 cm³/mol. The molecule has 1 heterocycles. The molecule has 12 heteroatoms. The normalized spacial score (nSPS) is 11.1. The van der Waals surface area contributed by atoms with Crippen LogP contribution in [0.2, 0.25) is 0 Å². The van der Waals surface area contributed by atoms with Crippen LogP contribution < -0.4 is 10.7 Å². The molecule has 0 radical (unpaired) electrons. The minimum Gasteiger partial charge on any atom is -0.321 e. The number of aromatic nitrogens is 4. The number of benzene rings is 3. The van der Waals surface area contributed by atoms with Crippen LogP contribution >= 0.6 is 0 Å². The summed E-state index contributed by atoms with van der Waals surface area (Å²) in [5, 5.41) is 29.1. The van der Waals surface area contributed by atoms with Crippen molar-refractivity contribution in [2.75, 3.05) is 5.32 Å². The summed E-state index contributed by atoms with van der Waals surface area (Å²) in [4.78, 5) is 36.4. The van der Waals surface area contributed by atoms with Crippen LogP contribution in [0.5, 0.6) is 0 Å². The van der Waals surface area contributed by atoms with Gasteiger partial charge in [-0.1, -0.05) is 30.3 Å². The molecule has 0 aliphatic rings. The number of nitrogens with zero attached hydrogens (tertiary/aromatic N) is 6. The summed E-state index contributed by atoms with van der Waals surface area (Å²) in [7, 11) is 0. The quantitative estimate of drug-likeness (QED) is 0.231. The van der Waals surface area contributed by atoms with E-state index >= 15 is 0 Å². The summed E-state index contributed by atoms with van der Waals surface area (Å²) < 4.78 is 1.50. The molecule has 12 nitrogen and oxygen atoms in total. The van der Waals surface area contributed by atoms with E-state index in [2.05, 4.69) is 31.4 Å². The second kappa shape index (κ2) is 10.3. The number of hydrogen-bond donors (Lipinski definition) is 2. The fourth-order valence-corrected chi connectivity index (χ4v) is 3.46. The van der Waals surface area contributed by atoms with Crippen molar-refractivity contribution in [1.82, 2.24) is 25.6 Å². The highest BCUT2D eigenvalue weighted by Gasteiger charge is 2.20. The Labute approximate surface area is 204 Å². The molecule has 0 atom stereocenters. The lowest BCUT2D eigenvalue weighted by Crippen LogP contribution is -2.22. The predicted octanol–water partition coefficient (Wildman–Crippen LogP) is 3.29. The monoisotopic (exact) mass is 484 g/mol. The Morgan fingerprint density at radius 3 is 2.50 bits per heavy atom. The van der Waals surface area contributed by atoms with Crippen molar-refractivity contribution in [2.45, 2.75) is 13.8 Å². The van der Waals surface area contributed by atoms with E-state index in [1.165, 1.54) is 42.2 Å². The first-order valence-corrected chi connectivity index (χ1v) is 10.7. The van der Waals surface area contributed by atoms with E-state index in [0.29, 0.717) is 5.71 Å². The van der Waals surface area contributed by atoms with Crippen molar-refractivity contribution < 1.29 is 14.5 Å². The number of nitro benzene ring substituents is 1. The third kappa shape index (κ3) is 5.12. The van der Waals surface area contributed by atoms with E-state index in [1.807, 2.05) is 24.3 Å². The van der Waals surface area contributed by atoms with Gasteiger partial charge >= 0.3 is 0 Å². The highest BCUT2D eigenvalue weighted by atomic mass is 16.6. The lowest BCUT2D eigenvalue weighted by Gasteiger charge is -2.12. The number of amides is 2. The van der Waals surface area contributed by atoms with E-state index in [4.69, 9.17) is 0 Å². The molecular formula is C24H20N8O4. The molecule has 2 amide bonds. The van der Waals surface area contributed by atoms with Crippen LogP contribution in [-0.4, -0.2) is 42.7 Å². The Kier molecular flexibility index (Phi) is 6.86. The zero-order valence-electron chi connectivity index (χ0n) is 19.2. The maximum absolute atomic E-state index is 12.9. The largest absolute Gasteiger partial charge is 0.321 e. The highest BCUT2D eigenvalue weighted by molar-refractivity contribution is 6.10. The van der Waals surface area contributed by atoms with Gasteiger partial charge in [0.1, 0.15) is 6.33 Å².